The van der Waals surface area contributed by atoms with Crippen molar-refractivity contribution in [2.45, 2.75) is 13.0 Å². The third-order valence-corrected chi connectivity index (χ3v) is 2.87. The number of amides is 1. The van der Waals surface area contributed by atoms with E-state index in [0.717, 1.165) is 0 Å². The lowest BCUT2D eigenvalue weighted by Gasteiger charge is -2.14. The van der Waals surface area contributed by atoms with E-state index in [-0.39, 0.29) is 23.5 Å². The Bertz CT molecular complexity index is 508. The van der Waals surface area contributed by atoms with E-state index >= 15 is 0 Å². The van der Waals surface area contributed by atoms with Gasteiger partial charge in [-0.15, -0.1) is 0 Å². The predicted molar refractivity (Wildman–Crippen MR) is 83.9 cm³/mol. The molecule has 1 atom stereocenters. The molecule has 3 N–H and O–H groups in total. The molecule has 1 amide bonds. The predicted octanol–water partition coefficient (Wildman–Crippen LogP) is 0.859. The second-order valence-electron chi connectivity index (χ2n) is 4.44. The highest BCUT2D eigenvalue weighted by atomic mass is 32.1. The fraction of sp³-hybridized carbons (Fsp3) is 0.429. The second-order valence-corrected chi connectivity index (χ2v) is 4.88. The largest absolute Gasteiger partial charge is 0.493 e. The highest BCUT2D eigenvalue weighted by Gasteiger charge is 2.11. The van der Waals surface area contributed by atoms with Crippen molar-refractivity contribution in [3.8, 4) is 11.5 Å². The van der Waals surface area contributed by atoms with Gasteiger partial charge in [0.2, 0.25) is 0 Å². The van der Waals surface area contributed by atoms with Crippen molar-refractivity contribution in [2.75, 3.05) is 27.4 Å². The topological polar surface area (TPSA) is 82.8 Å². The van der Waals surface area contributed by atoms with E-state index in [4.69, 9.17) is 32.2 Å². The standard InChI is InChI=1S/C14H20N2O4S/c1-9(7-18-2)16-13(17)8-20-11-5-4-10(14(15)21)6-12(11)19-3/h4-6,9H,7-8H2,1-3H3,(H2,15,21)(H,16,17). The fourth-order valence-corrected chi connectivity index (χ4v) is 1.82. The average molecular weight is 312 g/mol. The van der Waals surface area contributed by atoms with E-state index < -0.39 is 0 Å². The van der Waals surface area contributed by atoms with Gasteiger partial charge < -0.3 is 25.3 Å². The Morgan fingerprint density at radius 3 is 2.67 bits per heavy atom. The number of nitrogens with two attached hydrogens (primary N) is 1. The maximum Gasteiger partial charge on any atom is 0.258 e. The summed E-state index contributed by atoms with van der Waals surface area (Å²) < 4.78 is 15.6. The molecule has 1 rings (SSSR count). The zero-order chi connectivity index (χ0) is 15.8. The molecule has 0 aliphatic heterocycles. The fourth-order valence-electron chi connectivity index (χ4n) is 1.69. The van der Waals surface area contributed by atoms with Gasteiger partial charge in [0.05, 0.1) is 13.7 Å². The number of carbonyl (C=O) groups is 1. The van der Waals surface area contributed by atoms with Crippen molar-refractivity contribution in [2.24, 2.45) is 5.73 Å². The van der Waals surface area contributed by atoms with Crippen molar-refractivity contribution in [3.63, 3.8) is 0 Å². The Morgan fingerprint density at radius 1 is 1.38 bits per heavy atom. The minimum absolute atomic E-state index is 0.0787. The van der Waals surface area contributed by atoms with Crippen LogP contribution >= 0.6 is 12.2 Å². The van der Waals surface area contributed by atoms with E-state index in [9.17, 15) is 4.79 Å². The minimum atomic E-state index is -0.236. The van der Waals surface area contributed by atoms with Crippen molar-refractivity contribution < 1.29 is 19.0 Å². The quantitative estimate of drug-likeness (QED) is 0.693. The number of benzene rings is 1. The van der Waals surface area contributed by atoms with Crippen LogP contribution in [0.15, 0.2) is 18.2 Å². The van der Waals surface area contributed by atoms with Crippen LogP contribution in [0.1, 0.15) is 12.5 Å². The van der Waals surface area contributed by atoms with Crippen molar-refractivity contribution in [3.05, 3.63) is 23.8 Å². The molecular formula is C14H20N2O4S. The molecule has 0 saturated carbocycles. The summed E-state index contributed by atoms with van der Waals surface area (Å²) in [6, 6.07) is 4.97. The first-order valence-electron chi connectivity index (χ1n) is 6.36. The van der Waals surface area contributed by atoms with Crippen LogP contribution in [-0.4, -0.2) is 44.4 Å². The summed E-state index contributed by atoms with van der Waals surface area (Å²) in [7, 11) is 3.08. The Labute approximate surface area is 129 Å². The number of carbonyl (C=O) groups excluding carboxylic acids is 1. The first-order chi connectivity index (χ1) is 9.97. The molecule has 0 radical (unpaired) electrons. The third kappa shape index (κ3) is 5.57. The molecule has 1 unspecified atom stereocenters. The van der Waals surface area contributed by atoms with E-state index in [1.807, 2.05) is 6.92 Å². The lowest BCUT2D eigenvalue weighted by atomic mass is 10.2. The van der Waals surface area contributed by atoms with Gasteiger partial charge in [0.15, 0.2) is 18.1 Å². The normalized spacial score (nSPS) is 11.6. The van der Waals surface area contributed by atoms with Crippen LogP contribution in [0.2, 0.25) is 0 Å². The lowest BCUT2D eigenvalue weighted by molar-refractivity contribution is -0.124. The van der Waals surface area contributed by atoms with Crippen LogP contribution in [0.25, 0.3) is 0 Å². The molecule has 6 nitrogen and oxygen atoms in total. The second kappa shape index (κ2) is 8.43. The first kappa shape index (κ1) is 17.2. The van der Waals surface area contributed by atoms with Gasteiger partial charge in [0.1, 0.15) is 4.99 Å². The van der Waals surface area contributed by atoms with Crippen molar-refractivity contribution in [1.82, 2.24) is 5.32 Å². The molecular weight excluding hydrogens is 292 g/mol. The summed E-state index contributed by atoms with van der Waals surface area (Å²) in [5.41, 5.74) is 6.23. The van der Waals surface area contributed by atoms with Crippen LogP contribution in [-0.2, 0) is 9.53 Å². The monoisotopic (exact) mass is 312 g/mol. The highest BCUT2D eigenvalue weighted by molar-refractivity contribution is 7.80. The van der Waals surface area contributed by atoms with E-state index in [1.165, 1.54) is 7.11 Å². The Hall–Kier alpha value is -1.86. The van der Waals surface area contributed by atoms with Crippen LogP contribution < -0.4 is 20.5 Å². The molecule has 0 spiro atoms. The summed E-state index contributed by atoms with van der Waals surface area (Å²) in [6.45, 7) is 2.17. The number of hydrogen-bond donors (Lipinski definition) is 2. The van der Waals surface area contributed by atoms with Gasteiger partial charge in [-0.25, -0.2) is 0 Å². The highest BCUT2D eigenvalue weighted by Crippen LogP contribution is 2.27. The van der Waals surface area contributed by atoms with E-state index in [1.54, 1.807) is 25.3 Å². The third-order valence-electron chi connectivity index (χ3n) is 2.63. The first-order valence-corrected chi connectivity index (χ1v) is 6.77. The SMILES string of the molecule is COCC(C)NC(=O)COc1ccc(C(N)=S)cc1OC. The molecule has 0 aliphatic carbocycles. The van der Waals surface area contributed by atoms with Gasteiger partial charge in [-0.3, -0.25) is 4.79 Å². The summed E-state index contributed by atoms with van der Waals surface area (Å²) >= 11 is 4.90. The Balaban J connectivity index is 2.62. The molecule has 7 heteroatoms. The van der Waals surface area contributed by atoms with Gasteiger partial charge in [0, 0.05) is 18.7 Å². The number of ether oxygens (including phenoxy) is 3. The van der Waals surface area contributed by atoms with Crippen LogP contribution in [0.4, 0.5) is 0 Å². The maximum absolute atomic E-state index is 11.7. The molecule has 0 bridgehead atoms. The molecule has 1 aromatic rings. The Kier molecular flexibility index (Phi) is 6.90. The lowest BCUT2D eigenvalue weighted by Crippen LogP contribution is -2.38. The smallest absolute Gasteiger partial charge is 0.258 e. The molecule has 0 saturated heterocycles. The summed E-state index contributed by atoms with van der Waals surface area (Å²) in [5, 5.41) is 2.75. The molecule has 0 aromatic heterocycles. The molecule has 0 fully saturated rings. The van der Waals surface area contributed by atoms with Gasteiger partial charge in [-0.2, -0.15) is 0 Å². The molecule has 21 heavy (non-hydrogen) atoms. The number of rotatable bonds is 8. The number of thiocarbonyl (C=S) groups is 1. The van der Waals surface area contributed by atoms with E-state index in [2.05, 4.69) is 5.32 Å². The molecule has 0 aliphatic rings. The number of nitrogens with one attached hydrogen (secondary N) is 1. The van der Waals surface area contributed by atoms with Crippen molar-refractivity contribution in [1.29, 1.82) is 0 Å². The number of methoxy groups -OCH3 is 2. The van der Waals surface area contributed by atoms with Crippen LogP contribution in [0.5, 0.6) is 11.5 Å². The minimum Gasteiger partial charge on any atom is -0.493 e. The number of hydrogen-bond acceptors (Lipinski definition) is 5. The summed E-state index contributed by atoms with van der Waals surface area (Å²) in [6.07, 6.45) is 0. The van der Waals surface area contributed by atoms with Crippen LogP contribution in [0, 0.1) is 0 Å². The van der Waals surface area contributed by atoms with Crippen molar-refractivity contribution >= 4 is 23.1 Å². The summed E-state index contributed by atoms with van der Waals surface area (Å²) in [5.74, 6) is 0.685. The van der Waals surface area contributed by atoms with Gasteiger partial charge >= 0.3 is 0 Å². The zero-order valence-corrected chi connectivity index (χ0v) is 13.2. The Morgan fingerprint density at radius 2 is 2.10 bits per heavy atom. The van der Waals surface area contributed by atoms with E-state index in [0.29, 0.717) is 23.7 Å². The molecule has 116 valence electrons. The maximum atomic E-state index is 11.7. The molecule has 1 aromatic carbocycles. The molecule has 0 heterocycles. The average Bonchev–Trinajstić information content (AvgIpc) is 2.44. The van der Waals surface area contributed by atoms with Gasteiger partial charge in [-0.05, 0) is 25.1 Å². The van der Waals surface area contributed by atoms with Crippen LogP contribution in [0.3, 0.4) is 0 Å². The summed E-state index contributed by atoms with van der Waals surface area (Å²) in [4.78, 5) is 12.0. The van der Waals surface area contributed by atoms with Gasteiger partial charge in [0.25, 0.3) is 5.91 Å². The van der Waals surface area contributed by atoms with Gasteiger partial charge in [-0.1, -0.05) is 12.2 Å². The zero-order valence-electron chi connectivity index (χ0n) is 12.3.